The fourth-order valence-corrected chi connectivity index (χ4v) is 5.00. The van der Waals surface area contributed by atoms with Crippen molar-refractivity contribution in [1.29, 1.82) is 0 Å². The van der Waals surface area contributed by atoms with Crippen LogP contribution in [0.2, 0.25) is 0 Å². The van der Waals surface area contributed by atoms with E-state index in [-0.39, 0.29) is 11.8 Å². The number of hydroxylamine groups is 1. The summed E-state index contributed by atoms with van der Waals surface area (Å²) >= 11 is 0. The largest absolute Gasteiger partial charge is 0.490 e. The molecule has 7 nitrogen and oxygen atoms in total. The van der Waals surface area contributed by atoms with Crippen molar-refractivity contribution in [2.24, 2.45) is 5.92 Å². The van der Waals surface area contributed by atoms with Gasteiger partial charge in [0.15, 0.2) is 17.6 Å². The Bertz CT molecular complexity index is 1280. The van der Waals surface area contributed by atoms with Gasteiger partial charge in [0.25, 0.3) is 5.91 Å². The van der Waals surface area contributed by atoms with E-state index < -0.39 is 18.1 Å². The number of carbonyl (C=O) groups excluding carboxylic acids is 2. The molecule has 0 spiro atoms. The zero-order valence-electron chi connectivity index (χ0n) is 21.4. The van der Waals surface area contributed by atoms with Crippen molar-refractivity contribution in [2.75, 3.05) is 23.2 Å². The summed E-state index contributed by atoms with van der Waals surface area (Å²) in [5, 5.41) is 1.70. The molecule has 2 heterocycles. The van der Waals surface area contributed by atoms with Gasteiger partial charge in [-0.25, -0.2) is 9.96 Å². The fraction of sp³-hybridized carbons (Fsp3) is 0.333. The SMILES string of the molecule is CCCCOc1ccc(C2C3C(=O)N(c4cccc(C)c4)C(=O)C3ON2c2ccccc2)cc1OCC. The maximum absolute atomic E-state index is 13.9. The summed E-state index contributed by atoms with van der Waals surface area (Å²) < 4.78 is 11.9. The lowest BCUT2D eigenvalue weighted by molar-refractivity contribution is -0.126. The molecule has 0 aliphatic carbocycles. The van der Waals surface area contributed by atoms with Gasteiger partial charge in [0.2, 0.25) is 5.91 Å². The number of ether oxygens (including phenoxy) is 2. The molecule has 192 valence electrons. The van der Waals surface area contributed by atoms with E-state index in [1.165, 1.54) is 4.90 Å². The number of fused-ring (bicyclic) bond motifs is 1. The molecule has 3 unspecified atom stereocenters. The zero-order valence-corrected chi connectivity index (χ0v) is 21.4. The molecule has 2 fully saturated rings. The summed E-state index contributed by atoms with van der Waals surface area (Å²) in [5.41, 5.74) is 3.12. The molecule has 2 aliphatic heterocycles. The highest BCUT2D eigenvalue weighted by Crippen LogP contribution is 2.48. The molecule has 37 heavy (non-hydrogen) atoms. The Morgan fingerprint density at radius 1 is 0.838 bits per heavy atom. The lowest BCUT2D eigenvalue weighted by Crippen LogP contribution is -2.37. The molecule has 0 saturated carbocycles. The molecule has 2 saturated heterocycles. The lowest BCUT2D eigenvalue weighted by Gasteiger charge is -2.29. The van der Waals surface area contributed by atoms with Gasteiger partial charge in [-0.15, -0.1) is 0 Å². The predicted molar refractivity (Wildman–Crippen MR) is 142 cm³/mol. The van der Waals surface area contributed by atoms with Crippen LogP contribution in [-0.4, -0.2) is 31.1 Å². The number of hydrogen-bond donors (Lipinski definition) is 0. The van der Waals surface area contributed by atoms with Crippen LogP contribution < -0.4 is 19.4 Å². The molecule has 0 aromatic heterocycles. The number of amides is 2. The van der Waals surface area contributed by atoms with E-state index in [0.717, 1.165) is 29.7 Å². The highest BCUT2D eigenvalue weighted by Gasteiger charge is 2.60. The minimum atomic E-state index is -0.922. The quantitative estimate of drug-likeness (QED) is 0.280. The Morgan fingerprint density at radius 2 is 1.62 bits per heavy atom. The first-order valence-electron chi connectivity index (χ1n) is 12.9. The highest BCUT2D eigenvalue weighted by atomic mass is 16.7. The smallest absolute Gasteiger partial charge is 0.266 e. The van der Waals surface area contributed by atoms with Crippen LogP contribution in [0.1, 0.15) is 43.9 Å². The van der Waals surface area contributed by atoms with Crippen molar-refractivity contribution < 1.29 is 23.9 Å². The predicted octanol–water partition coefficient (Wildman–Crippen LogP) is 5.62. The van der Waals surface area contributed by atoms with Crippen LogP contribution in [0.25, 0.3) is 0 Å². The second kappa shape index (κ2) is 10.6. The summed E-state index contributed by atoms with van der Waals surface area (Å²) in [6, 6.07) is 22.2. The van der Waals surface area contributed by atoms with Crippen LogP contribution in [0.5, 0.6) is 11.5 Å². The summed E-state index contributed by atoms with van der Waals surface area (Å²) in [4.78, 5) is 34.9. The summed E-state index contributed by atoms with van der Waals surface area (Å²) in [6.45, 7) is 7.05. The van der Waals surface area contributed by atoms with Crippen molar-refractivity contribution >= 4 is 23.2 Å². The van der Waals surface area contributed by atoms with Crippen molar-refractivity contribution in [3.8, 4) is 11.5 Å². The van der Waals surface area contributed by atoms with Gasteiger partial charge in [0.05, 0.1) is 30.6 Å². The first-order valence-corrected chi connectivity index (χ1v) is 12.9. The van der Waals surface area contributed by atoms with Crippen molar-refractivity contribution in [3.05, 3.63) is 83.9 Å². The molecule has 7 heteroatoms. The molecule has 0 radical (unpaired) electrons. The van der Waals surface area contributed by atoms with Crippen molar-refractivity contribution in [1.82, 2.24) is 0 Å². The number of benzene rings is 3. The van der Waals surface area contributed by atoms with Crippen LogP contribution in [0, 0.1) is 12.8 Å². The topological polar surface area (TPSA) is 68.3 Å². The van der Waals surface area contributed by atoms with E-state index >= 15 is 0 Å². The van der Waals surface area contributed by atoms with Crippen molar-refractivity contribution in [2.45, 2.75) is 45.8 Å². The maximum atomic E-state index is 13.9. The molecular formula is C30H32N2O5. The third-order valence-corrected chi connectivity index (χ3v) is 6.75. The zero-order chi connectivity index (χ0) is 25.9. The first kappa shape index (κ1) is 24.8. The van der Waals surface area contributed by atoms with Gasteiger partial charge in [-0.05, 0) is 67.8 Å². The van der Waals surface area contributed by atoms with Gasteiger partial charge >= 0.3 is 0 Å². The van der Waals surface area contributed by atoms with E-state index in [4.69, 9.17) is 14.3 Å². The molecule has 3 aromatic rings. The Balaban J connectivity index is 1.55. The summed E-state index contributed by atoms with van der Waals surface area (Å²) in [5.74, 6) is -0.0655. The van der Waals surface area contributed by atoms with Crippen LogP contribution in [-0.2, 0) is 14.4 Å². The van der Waals surface area contributed by atoms with E-state index in [2.05, 4.69) is 6.92 Å². The Morgan fingerprint density at radius 3 is 2.35 bits per heavy atom. The highest BCUT2D eigenvalue weighted by molar-refractivity contribution is 6.24. The van der Waals surface area contributed by atoms with Crippen LogP contribution >= 0.6 is 0 Å². The molecule has 5 rings (SSSR count). The molecule has 3 atom stereocenters. The van der Waals surface area contributed by atoms with Gasteiger partial charge in [-0.1, -0.05) is 49.7 Å². The minimum absolute atomic E-state index is 0.273. The molecule has 0 N–H and O–H groups in total. The summed E-state index contributed by atoms with van der Waals surface area (Å²) in [7, 11) is 0. The van der Waals surface area contributed by atoms with Gasteiger partial charge in [0, 0.05) is 0 Å². The molecule has 3 aromatic carbocycles. The number of para-hydroxylation sites is 1. The second-order valence-electron chi connectivity index (χ2n) is 9.35. The normalized spacial score (nSPS) is 20.9. The lowest BCUT2D eigenvalue weighted by atomic mass is 9.90. The first-order chi connectivity index (χ1) is 18.0. The van der Waals surface area contributed by atoms with Crippen LogP contribution in [0.15, 0.2) is 72.8 Å². The maximum Gasteiger partial charge on any atom is 0.266 e. The van der Waals surface area contributed by atoms with Gasteiger partial charge < -0.3 is 9.47 Å². The number of aryl methyl sites for hydroxylation is 1. The number of carbonyl (C=O) groups is 2. The summed E-state index contributed by atoms with van der Waals surface area (Å²) in [6.07, 6.45) is 1.06. The fourth-order valence-electron chi connectivity index (χ4n) is 5.00. The molecule has 2 amide bonds. The second-order valence-corrected chi connectivity index (χ2v) is 9.35. The van der Waals surface area contributed by atoms with E-state index in [1.54, 1.807) is 11.1 Å². The Labute approximate surface area is 217 Å². The average molecular weight is 501 g/mol. The number of nitrogens with zero attached hydrogens (tertiary/aromatic N) is 2. The van der Waals surface area contributed by atoms with Gasteiger partial charge in [-0.3, -0.25) is 14.4 Å². The van der Waals surface area contributed by atoms with Crippen LogP contribution in [0.4, 0.5) is 11.4 Å². The molecule has 2 aliphatic rings. The van der Waals surface area contributed by atoms with Crippen LogP contribution in [0.3, 0.4) is 0 Å². The van der Waals surface area contributed by atoms with E-state index in [0.29, 0.717) is 30.4 Å². The average Bonchev–Trinajstić information content (AvgIpc) is 3.41. The minimum Gasteiger partial charge on any atom is -0.490 e. The Hall–Kier alpha value is -3.84. The molecule has 0 bridgehead atoms. The molecular weight excluding hydrogens is 468 g/mol. The van der Waals surface area contributed by atoms with Crippen molar-refractivity contribution in [3.63, 3.8) is 0 Å². The number of rotatable bonds is 9. The van der Waals surface area contributed by atoms with Gasteiger partial charge in [-0.2, -0.15) is 0 Å². The van der Waals surface area contributed by atoms with Gasteiger partial charge in [0.1, 0.15) is 5.92 Å². The number of anilines is 2. The third kappa shape index (κ3) is 4.67. The third-order valence-electron chi connectivity index (χ3n) is 6.75. The monoisotopic (exact) mass is 500 g/mol. The Kier molecular flexibility index (Phi) is 7.15. The van der Waals surface area contributed by atoms with E-state index in [9.17, 15) is 9.59 Å². The number of hydrogen-bond acceptors (Lipinski definition) is 6. The standard InChI is InChI=1S/C30H32N2O5/c1-4-6-17-36-24-16-15-21(19-25(24)35-5-2)27-26-28(37-32(27)22-12-8-7-9-13-22)30(34)31(29(26)33)23-14-10-11-20(3)18-23/h7-16,18-19,26-28H,4-6,17H2,1-3H3. The van der Waals surface area contributed by atoms with E-state index in [1.807, 2.05) is 80.6 Å². The number of unbranched alkanes of at least 4 members (excludes halogenated alkanes) is 1. The number of imide groups is 1.